The molecule has 2 unspecified atom stereocenters. The highest BCUT2D eigenvalue weighted by Gasteiger charge is 2.32. The third kappa shape index (κ3) is 6.61. The molecule has 0 spiro atoms. The fraction of sp³-hybridized carbons (Fsp3) is 0.440. The monoisotopic (exact) mass is 410 g/mol. The number of carbonyl (C=O) groups is 2. The molecule has 2 atom stereocenters. The van der Waals surface area contributed by atoms with Crippen LogP contribution in [-0.4, -0.2) is 24.1 Å². The molecule has 30 heavy (non-hydrogen) atoms. The summed E-state index contributed by atoms with van der Waals surface area (Å²) < 4.78 is 16.6. The van der Waals surface area contributed by atoms with Crippen molar-refractivity contribution in [3.05, 3.63) is 65.7 Å². The number of carbonyl (C=O) groups excluding carboxylic acids is 2. The summed E-state index contributed by atoms with van der Waals surface area (Å²) in [6.45, 7) is 2.63. The summed E-state index contributed by atoms with van der Waals surface area (Å²) in [5.74, 6) is -0.288. The van der Waals surface area contributed by atoms with Crippen molar-refractivity contribution in [2.45, 2.75) is 70.7 Å². The van der Waals surface area contributed by atoms with Gasteiger partial charge in [-0.25, -0.2) is 9.59 Å². The van der Waals surface area contributed by atoms with Gasteiger partial charge < -0.3 is 14.2 Å². The number of esters is 2. The fourth-order valence-corrected chi connectivity index (χ4v) is 3.49. The molecule has 1 fully saturated rings. The quantitative estimate of drug-likeness (QED) is 0.384. The van der Waals surface area contributed by atoms with E-state index in [4.69, 9.17) is 14.2 Å². The van der Waals surface area contributed by atoms with E-state index in [1.54, 1.807) is 24.3 Å². The number of benzene rings is 2. The van der Waals surface area contributed by atoms with E-state index < -0.39 is 18.0 Å². The summed E-state index contributed by atoms with van der Waals surface area (Å²) in [4.78, 5) is 24.6. The third-order valence-corrected chi connectivity index (χ3v) is 5.26. The standard InChI is InChI=1S/C25H30O5/c1-2-3-4-8-11-22-16-17-23(25(27)29-22)30-24(26)20-12-14-21(15-13-20)28-18-19-9-6-5-7-10-19/h5-7,9-10,12-15,22-23H,2-4,8,11,16-18H2,1H3. The van der Waals surface area contributed by atoms with Crippen molar-refractivity contribution >= 4 is 11.9 Å². The minimum absolute atomic E-state index is 0.0506. The van der Waals surface area contributed by atoms with Gasteiger partial charge >= 0.3 is 11.9 Å². The summed E-state index contributed by atoms with van der Waals surface area (Å²) in [5, 5.41) is 0. The van der Waals surface area contributed by atoms with E-state index in [1.807, 2.05) is 30.3 Å². The average Bonchev–Trinajstić information content (AvgIpc) is 2.78. The molecule has 2 aromatic carbocycles. The minimum Gasteiger partial charge on any atom is -0.489 e. The molecule has 0 aliphatic carbocycles. The Balaban J connectivity index is 1.43. The molecule has 0 N–H and O–H groups in total. The summed E-state index contributed by atoms with van der Waals surface area (Å²) >= 11 is 0. The summed E-state index contributed by atoms with van der Waals surface area (Å²) in [5.41, 5.74) is 1.46. The summed E-state index contributed by atoms with van der Waals surface area (Å²) in [7, 11) is 0. The summed E-state index contributed by atoms with van der Waals surface area (Å²) in [6.07, 6.45) is 5.88. The Labute approximate surface area is 178 Å². The Kier molecular flexibility index (Phi) is 8.30. The van der Waals surface area contributed by atoms with E-state index >= 15 is 0 Å². The van der Waals surface area contributed by atoms with E-state index in [0.29, 0.717) is 24.3 Å². The molecule has 5 heteroatoms. The van der Waals surface area contributed by atoms with Crippen molar-refractivity contribution in [3.63, 3.8) is 0 Å². The Morgan fingerprint density at radius 3 is 2.47 bits per heavy atom. The van der Waals surface area contributed by atoms with Crippen LogP contribution in [0.25, 0.3) is 0 Å². The molecule has 0 bridgehead atoms. The lowest BCUT2D eigenvalue weighted by molar-refractivity contribution is -0.167. The third-order valence-electron chi connectivity index (χ3n) is 5.26. The van der Waals surface area contributed by atoms with Crippen molar-refractivity contribution in [2.75, 3.05) is 0 Å². The minimum atomic E-state index is -0.821. The van der Waals surface area contributed by atoms with Gasteiger partial charge in [0.1, 0.15) is 18.5 Å². The number of hydrogen-bond donors (Lipinski definition) is 0. The molecule has 160 valence electrons. The van der Waals surface area contributed by atoms with Crippen LogP contribution in [0, 0.1) is 0 Å². The lowest BCUT2D eigenvalue weighted by Crippen LogP contribution is -2.37. The molecule has 0 radical (unpaired) electrons. The van der Waals surface area contributed by atoms with Crippen LogP contribution < -0.4 is 4.74 Å². The maximum absolute atomic E-state index is 12.4. The zero-order valence-electron chi connectivity index (χ0n) is 17.5. The zero-order valence-corrected chi connectivity index (χ0v) is 17.5. The summed E-state index contributed by atoms with van der Waals surface area (Å²) in [6, 6.07) is 16.6. The van der Waals surface area contributed by atoms with Crippen LogP contribution in [0.15, 0.2) is 54.6 Å². The molecule has 5 nitrogen and oxygen atoms in total. The van der Waals surface area contributed by atoms with E-state index in [2.05, 4.69) is 6.92 Å². The van der Waals surface area contributed by atoms with Gasteiger partial charge in [0.15, 0.2) is 6.10 Å². The Bertz CT molecular complexity index is 800. The van der Waals surface area contributed by atoms with Crippen LogP contribution in [0.5, 0.6) is 5.75 Å². The van der Waals surface area contributed by atoms with Gasteiger partial charge in [-0.3, -0.25) is 0 Å². The smallest absolute Gasteiger partial charge is 0.347 e. The van der Waals surface area contributed by atoms with E-state index in [0.717, 1.165) is 31.2 Å². The maximum atomic E-state index is 12.4. The molecule has 3 rings (SSSR count). The number of hydrogen-bond acceptors (Lipinski definition) is 5. The second-order valence-electron chi connectivity index (χ2n) is 7.68. The van der Waals surface area contributed by atoms with Gasteiger partial charge in [0, 0.05) is 0 Å². The van der Waals surface area contributed by atoms with E-state index in [1.165, 1.54) is 12.8 Å². The maximum Gasteiger partial charge on any atom is 0.347 e. The molecule has 0 amide bonds. The van der Waals surface area contributed by atoms with Gasteiger partial charge in [-0.1, -0.05) is 56.5 Å². The predicted molar refractivity (Wildman–Crippen MR) is 114 cm³/mol. The Morgan fingerprint density at radius 2 is 1.77 bits per heavy atom. The van der Waals surface area contributed by atoms with Crippen LogP contribution in [0.4, 0.5) is 0 Å². The first kappa shape index (κ1) is 21.9. The second kappa shape index (κ2) is 11.4. The van der Waals surface area contributed by atoms with Crippen LogP contribution in [0.2, 0.25) is 0 Å². The lowest BCUT2D eigenvalue weighted by atomic mass is 10.0. The Morgan fingerprint density at radius 1 is 1.00 bits per heavy atom. The van der Waals surface area contributed by atoms with Gasteiger partial charge in [-0.05, 0) is 55.5 Å². The first-order valence-electron chi connectivity index (χ1n) is 10.8. The normalized spacial score (nSPS) is 18.5. The van der Waals surface area contributed by atoms with Crippen molar-refractivity contribution < 1.29 is 23.8 Å². The first-order valence-corrected chi connectivity index (χ1v) is 10.8. The molecular weight excluding hydrogens is 380 g/mol. The largest absolute Gasteiger partial charge is 0.489 e. The molecule has 2 aromatic rings. The highest BCUT2D eigenvalue weighted by Crippen LogP contribution is 2.23. The van der Waals surface area contributed by atoms with Crippen molar-refractivity contribution in [1.29, 1.82) is 0 Å². The van der Waals surface area contributed by atoms with Gasteiger partial charge in [-0.15, -0.1) is 0 Å². The van der Waals surface area contributed by atoms with Crippen LogP contribution >= 0.6 is 0 Å². The lowest BCUT2D eigenvalue weighted by Gasteiger charge is -2.27. The zero-order chi connectivity index (χ0) is 21.2. The first-order chi connectivity index (χ1) is 14.7. The Hall–Kier alpha value is -2.82. The highest BCUT2D eigenvalue weighted by atomic mass is 16.6. The SMILES string of the molecule is CCCCCCC1CCC(OC(=O)c2ccc(OCc3ccccc3)cc2)C(=O)O1. The number of unbranched alkanes of at least 4 members (excludes halogenated alkanes) is 3. The molecule has 1 aliphatic heterocycles. The van der Waals surface area contributed by atoms with E-state index in [9.17, 15) is 9.59 Å². The number of cyclic esters (lactones) is 1. The predicted octanol–water partition coefficient (Wildman–Crippen LogP) is 5.47. The average molecular weight is 411 g/mol. The fourth-order valence-electron chi connectivity index (χ4n) is 3.49. The van der Waals surface area contributed by atoms with Crippen molar-refractivity contribution in [1.82, 2.24) is 0 Å². The molecule has 1 heterocycles. The van der Waals surface area contributed by atoms with Crippen molar-refractivity contribution in [3.8, 4) is 5.75 Å². The highest BCUT2D eigenvalue weighted by molar-refractivity contribution is 5.91. The molecule has 0 aromatic heterocycles. The van der Waals surface area contributed by atoms with Crippen LogP contribution in [0.3, 0.4) is 0 Å². The van der Waals surface area contributed by atoms with Crippen molar-refractivity contribution in [2.24, 2.45) is 0 Å². The topological polar surface area (TPSA) is 61.8 Å². The molecule has 1 aliphatic rings. The van der Waals surface area contributed by atoms with Gasteiger partial charge in [0.2, 0.25) is 0 Å². The van der Waals surface area contributed by atoms with Crippen LogP contribution in [-0.2, 0) is 20.9 Å². The van der Waals surface area contributed by atoms with Gasteiger partial charge in [-0.2, -0.15) is 0 Å². The molecule has 0 saturated carbocycles. The van der Waals surface area contributed by atoms with Gasteiger partial charge in [0.25, 0.3) is 0 Å². The van der Waals surface area contributed by atoms with Crippen LogP contribution in [0.1, 0.15) is 67.8 Å². The molecule has 1 saturated heterocycles. The van der Waals surface area contributed by atoms with E-state index in [-0.39, 0.29) is 6.10 Å². The molecular formula is C25H30O5. The number of rotatable bonds is 10. The second-order valence-corrected chi connectivity index (χ2v) is 7.68. The number of ether oxygens (including phenoxy) is 3. The van der Waals surface area contributed by atoms with Gasteiger partial charge in [0.05, 0.1) is 5.56 Å².